The second-order valence-electron chi connectivity index (χ2n) is 4.46. The fourth-order valence-corrected chi connectivity index (χ4v) is 3.75. The van der Waals surface area contributed by atoms with Crippen molar-refractivity contribution in [3.05, 3.63) is 59.7 Å². The zero-order chi connectivity index (χ0) is 12.5. The van der Waals surface area contributed by atoms with Crippen LogP contribution in [0.25, 0.3) is 0 Å². The molecule has 0 bridgehead atoms. The molecule has 0 aromatic heterocycles. The fraction of sp³-hybridized carbons (Fsp3) is 0.200. The number of aliphatic hydroxyl groups excluding tert-OH is 1. The van der Waals surface area contributed by atoms with Crippen LogP contribution in [0.4, 0.5) is 0 Å². The molecular formula is C15H14O2S. The van der Waals surface area contributed by atoms with Crippen molar-refractivity contribution in [1.29, 1.82) is 0 Å². The van der Waals surface area contributed by atoms with Gasteiger partial charge in [-0.2, -0.15) is 0 Å². The quantitative estimate of drug-likeness (QED) is 0.899. The van der Waals surface area contributed by atoms with Crippen LogP contribution in [0.15, 0.2) is 58.3 Å². The van der Waals surface area contributed by atoms with E-state index in [1.54, 1.807) is 0 Å². The lowest BCUT2D eigenvalue weighted by Gasteiger charge is -2.09. The monoisotopic (exact) mass is 258 g/mol. The van der Waals surface area contributed by atoms with Crippen LogP contribution in [-0.4, -0.2) is 9.32 Å². The lowest BCUT2D eigenvalue weighted by molar-refractivity contribution is 0.180. The van der Waals surface area contributed by atoms with Crippen molar-refractivity contribution < 1.29 is 9.32 Å². The normalized spacial score (nSPS) is 19.5. The molecule has 0 aliphatic heterocycles. The van der Waals surface area contributed by atoms with Crippen molar-refractivity contribution in [2.45, 2.75) is 28.7 Å². The Kier molecular flexibility index (Phi) is 3.02. The molecule has 3 rings (SSSR count). The highest BCUT2D eigenvalue weighted by Crippen LogP contribution is 2.35. The van der Waals surface area contributed by atoms with Gasteiger partial charge in [0.25, 0.3) is 0 Å². The molecule has 0 saturated carbocycles. The SMILES string of the molecule is O=S(c1ccccc1)c1cccc2c1CC[C@@H]2O. The Morgan fingerprint density at radius 2 is 1.83 bits per heavy atom. The van der Waals surface area contributed by atoms with E-state index in [0.29, 0.717) is 0 Å². The first kappa shape index (κ1) is 11.6. The molecule has 1 aliphatic carbocycles. The molecule has 1 aliphatic rings. The highest BCUT2D eigenvalue weighted by atomic mass is 32.2. The molecule has 1 unspecified atom stereocenters. The van der Waals surface area contributed by atoms with Crippen LogP contribution in [0.5, 0.6) is 0 Å². The van der Waals surface area contributed by atoms with Crippen molar-refractivity contribution >= 4 is 10.8 Å². The van der Waals surface area contributed by atoms with Crippen molar-refractivity contribution in [2.75, 3.05) is 0 Å². The smallest absolute Gasteiger partial charge is 0.0852 e. The Morgan fingerprint density at radius 3 is 2.61 bits per heavy atom. The summed E-state index contributed by atoms with van der Waals surface area (Å²) >= 11 is 0. The second-order valence-corrected chi connectivity index (χ2v) is 5.91. The van der Waals surface area contributed by atoms with Crippen molar-refractivity contribution in [1.82, 2.24) is 0 Å². The largest absolute Gasteiger partial charge is 0.388 e. The maximum atomic E-state index is 12.5. The molecule has 3 heteroatoms. The van der Waals surface area contributed by atoms with Crippen LogP contribution in [-0.2, 0) is 17.2 Å². The zero-order valence-corrected chi connectivity index (χ0v) is 10.7. The number of aliphatic hydroxyl groups is 1. The summed E-state index contributed by atoms with van der Waals surface area (Å²) in [5.41, 5.74) is 2.00. The predicted octanol–water partition coefficient (Wildman–Crippen LogP) is 2.83. The Morgan fingerprint density at radius 1 is 1.06 bits per heavy atom. The van der Waals surface area contributed by atoms with Gasteiger partial charge in [-0.15, -0.1) is 0 Å². The first-order chi connectivity index (χ1) is 8.77. The number of benzene rings is 2. The summed E-state index contributed by atoms with van der Waals surface area (Å²) in [7, 11) is -1.15. The molecule has 0 saturated heterocycles. The van der Waals surface area contributed by atoms with Crippen LogP contribution in [0.1, 0.15) is 23.7 Å². The molecule has 0 radical (unpaired) electrons. The predicted molar refractivity (Wildman–Crippen MR) is 70.8 cm³/mol. The first-order valence-electron chi connectivity index (χ1n) is 6.04. The number of hydrogen-bond acceptors (Lipinski definition) is 2. The maximum absolute atomic E-state index is 12.5. The van der Waals surface area contributed by atoms with Gasteiger partial charge in [0.1, 0.15) is 0 Å². The van der Waals surface area contributed by atoms with Crippen molar-refractivity contribution in [3.63, 3.8) is 0 Å². The Labute approximate surface area is 109 Å². The zero-order valence-electron chi connectivity index (χ0n) is 9.87. The fourth-order valence-electron chi connectivity index (χ4n) is 2.44. The Hall–Kier alpha value is -1.45. The molecule has 0 spiro atoms. The van der Waals surface area contributed by atoms with Gasteiger partial charge in [0.05, 0.1) is 16.9 Å². The lowest BCUT2D eigenvalue weighted by Crippen LogP contribution is -1.98. The third kappa shape index (κ3) is 1.89. The van der Waals surface area contributed by atoms with Gasteiger partial charge in [-0.3, -0.25) is 0 Å². The molecule has 0 amide bonds. The van der Waals surface area contributed by atoms with Gasteiger partial charge in [0.2, 0.25) is 0 Å². The van der Waals surface area contributed by atoms with Crippen LogP contribution in [0.2, 0.25) is 0 Å². The van der Waals surface area contributed by atoms with Gasteiger partial charge < -0.3 is 5.11 Å². The van der Waals surface area contributed by atoms with E-state index in [1.165, 1.54) is 0 Å². The van der Waals surface area contributed by atoms with Gasteiger partial charge in [0.15, 0.2) is 0 Å². The molecule has 0 fully saturated rings. The van der Waals surface area contributed by atoms with Gasteiger partial charge >= 0.3 is 0 Å². The topological polar surface area (TPSA) is 37.3 Å². The molecule has 0 heterocycles. The average molecular weight is 258 g/mol. The number of rotatable bonds is 2. The van der Waals surface area contributed by atoms with E-state index in [2.05, 4.69) is 0 Å². The number of fused-ring (bicyclic) bond motifs is 1. The third-order valence-corrected chi connectivity index (χ3v) is 4.84. The maximum Gasteiger partial charge on any atom is 0.0852 e. The molecule has 92 valence electrons. The highest BCUT2D eigenvalue weighted by Gasteiger charge is 2.24. The van der Waals surface area contributed by atoms with E-state index < -0.39 is 16.9 Å². The minimum Gasteiger partial charge on any atom is -0.388 e. The standard InChI is InChI=1S/C15H14O2S/c16-14-10-9-13-12(14)7-4-8-15(13)18(17)11-5-2-1-3-6-11/h1-8,14,16H,9-10H2/t14-,18?/m0/s1. The summed E-state index contributed by atoms with van der Waals surface area (Å²) in [6, 6.07) is 15.2. The average Bonchev–Trinajstić information content (AvgIpc) is 2.81. The van der Waals surface area contributed by atoms with Crippen molar-refractivity contribution in [3.8, 4) is 0 Å². The van der Waals surface area contributed by atoms with E-state index in [4.69, 9.17) is 0 Å². The third-order valence-electron chi connectivity index (χ3n) is 3.35. The number of hydrogen-bond donors (Lipinski definition) is 1. The van der Waals surface area contributed by atoms with Crippen molar-refractivity contribution in [2.24, 2.45) is 0 Å². The van der Waals surface area contributed by atoms with Gasteiger partial charge in [-0.1, -0.05) is 30.3 Å². The summed E-state index contributed by atoms with van der Waals surface area (Å²) in [4.78, 5) is 1.66. The molecule has 18 heavy (non-hydrogen) atoms. The lowest BCUT2D eigenvalue weighted by atomic mass is 10.1. The minimum absolute atomic E-state index is 0.396. The molecule has 2 aromatic carbocycles. The minimum atomic E-state index is -1.15. The Bertz CT molecular complexity index is 593. The molecule has 1 N–H and O–H groups in total. The van der Waals surface area contributed by atoms with E-state index >= 15 is 0 Å². The molecule has 2 nitrogen and oxygen atoms in total. The molecule has 2 aromatic rings. The summed E-state index contributed by atoms with van der Waals surface area (Å²) < 4.78 is 12.5. The Balaban J connectivity index is 2.07. The van der Waals surface area contributed by atoms with Gasteiger partial charge in [-0.25, -0.2) is 4.21 Å². The van der Waals surface area contributed by atoms with E-state index in [9.17, 15) is 9.32 Å². The van der Waals surface area contributed by atoms with Gasteiger partial charge in [-0.05, 0) is 42.2 Å². The highest BCUT2D eigenvalue weighted by molar-refractivity contribution is 7.85. The molecule has 2 atom stereocenters. The summed E-state index contributed by atoms with van der Waals surface area (Å²) in [5, 5.41) is 9.86. The van der Waals surface area contributed by atoms with E-state index in [-0.39, 0.29) is 0 Å². The van der Waals surface area contributed by atoms with Crippen LogP contribution >= 0.6 is 0 Å². The second kappa shape index (κ2) is 4.67. The van der Waals surface area contributed by atoms with Gasteiger partial charge in [0, 0.05) is 9.79 Å². The van der Waals surface area contributed by atoms with Crippen LogP contribution < -0.4 is 0 Å². The molecular weight excluding hydrogens is 244 g/mol. The van der Waals surface area contributed by atoms with E-state index in [0.717, 1.165) is 33.8 Å². The summed E-state index contributed by atoms with van der Waals surface area (Å²) in [6.45, 7) is 0. The summed E-state index contributed by atoms with van der Waals surface area (Å²) in [6.07, 6.45) is 1.15. The van der Waals surface area contributed by atoms with E-state index in [1.807, 2.05) is 48.5 Å². The van der Waals surface area contributed by atoms with Crippen LogP contribution in [0.3, 0.4) is 0 Å². The first-order valence-corrected chi connectivity index (χ1v) is 7.19. The van der Waals surface area contributed by atoms with Crippen LogP contribution in [0, 0.1) is 0 Å². The summed E-state index contributed by atoms with van der Waals surface area (Å²) in [5.74, 6) is 0.